The highest BCUT2D eigenvalue weighted by atomic mass is 16.2. The maximum Gasteiger partial charge on any atom is 0.259 e. The molecule has 3 aromatic rings. The number of piperazine rings is 1. The second-order valence-electron chi connectivity index (χ2n) is 6.61. The van der Waals surface area contributed by atoms with E-state index in [-0.39, 0.29) is 18.0 Å². The van der Waals surface area contributed by atoms with Crippen molar-refractivity contribution in [2.45, 2.75) is 13.5 Å². The predicted octanol–water partition coefficient (Wildman–Crippen LogP) is 1.85. The number of amides is 1. The molecule has 1 aromatic carbocycles. The molecule has 132 valence electrons. The first-order valence-corrected chi connectivity index (χ1v) is 8.67. The first-order valence-electron chi connectivity index (χ1n) is 8.67. The third-order valence-electron chi connectivity index (χ3n) is 4.66. The molecule has 0 spiro atoms. The lowest BCUT2D eigenvalue weighted by atomic mass is 10.1. The summed E-state index contributed by atoms with van der Waals surface area (Å²) in [6.07, 6.45) is 1.69. The minimum absolute atomic E-state index is 0.0489. The summed E-state index contributed by atoms with van der Waals surface area (Å²) in [6, 6.07) is 15.1. The van der Waals surface area contributed by atoms with Gasteiger partial charge in [-0.1, -0.05) is 35.9 Å². The number of rotatable bonds is 3. The zero-order valence-corrected chi connectivity index (χ0v) is 14.6. The van der Waals surface area contributed by atoms with Gasteiger partial charge in [0.05, 0.1) is 6.54 Å². The van der Waals surface area contributed by atoms with E-state index in [1.165, 1.54) is 16.0 Å². The predicted molar refractivity (Wildman–Crippen MR) is 100 cm³/mol. The summed E-state index contributed by atoms with van der Waals surface area (Å²) in [7, 11) is 0. The highest BCUT2D eigenvalue weighted by Gasteiger charge is 2.25. The summed E-state index contributed by atoms with van der Waals surface area (Å²) in [5.74, 6) is 0.609. The van der Waals surface area contributed by atoms with E-state index in [0.717, 1.165) is 5.56 Å². The Kier molecular flexibility index (Phi) is 4.16. The third-order valence-corrected chi connectivity index (χ3v) is 4.66. The van der Waals surface area contributed by atoms with Gasteiger partial charge in [-0.25, -0.2) is 4.98 Å². The molecular weight excluding hydrogens is 328 g/mol. The van der Waals surface area contributed by atoms with Crippen molar-refractivity contribution < 1.29 is 4.79 Å². The highest BCUT2D eigenvalue weighted by Crippen LogP contribution is 2.16. The number of hydrogen-bond acceptors (Lipinski definition) is 4. The van der Waals surface area contributed by atoms with Crippen LogP contribution in [0.25, 0.3) is 5.65 Å². The van der Waals surface area contributed by atoms with Crippen LogP contribution in [-0.2, 0) is 11.3 Å². The number of benzene rings is 1. The SMILES string of the molecule is Cc1cccc(CN2CCN(c3cc(=O)n4ccccc4n3)CC2=O)c1. The largest absolute Gasteiger partial charge is 0.345 e. The summed E-state index contributed by atoms with van der Waals surface area (Å²) >= 11 is 0. The van der Waals surface area contributed by atoms with Gasteiger partial charge in [0.2, 0.25) is 5.91 Å². The van der Waals surface area contributed by atoms with E-state index < -0.39 is 0 Å². The Morgan fingerprint density at radius 3 is 2.73 bits per heavy atom. The van der Waals surface area contributed by atoms with Crippen molar-refractivity contribution in [2.75, 3.05) is 24.5 Å². The molecule has 0 N–H and O–H groups in total. The van der Waals surface area contributed by atoms with Crippen molar-refractivity contribution in [3.63, 3.8) is 0 Å². The quantitative estimate of drug-likeness (QED) is 0.725. The van der Waals surface area contributed by atoms with Gasteiger partial charge in [-0.05, 0) is 24.6 Å². The number of aryl methyl sites for hydroxylation is 1. The zero-order valence-electron chi connectivity index (χ0n) is 14.6. The molecule has 4 rings (SSSR count). The Morgan fingerprint density at radius 2 is 1.92 bits per heavy atom. The number of nitrogens with zero attached hydrogens (tertiary/aromatic N) is 4. The summed E-state index contributed by atoms with van der Waals surface area (Å²) in [5.41, 5.74) is 2.77. The average molecular weight is 348 g/mol. The standard InChI is InChI=1S/C20H20N4O2/c1-15-5-4-6-16(11-15)13-23-10-9-22(14-20(23)26)18-12-19(25)24-8-3-2-7-17(24)21-18/h2-8,11-12H,9-10,13-14H2,1H3. The first-order chi connectivity index (χ1) is 12.6. The van der Waals surface area contributed by atoms with E-state index in [1.807, 2.05) is 41.0 Å². The normalized spacial score (nSPS) is 14.9. The van der Waals surface area contributed by atoms with Crippen LogP contribution in [0.1, 0.15) is 11.1 Å². The summed E-state index contributed by atoms with van der Waals surface area (Å²) < 4.78 is 1.50. The molecule has 2 aromatic heterocycles. The van der Waals surface area contributed by atoms with Gasteiger partial charge in [-0.3, -0.25) is 14.0 Å². The second-order valence-corrected chi connectivity index (χ2v) is 6.61. The number of hydrogen-bond donors (Lipinski definition) is 0. The van der Waals surface area contributed by atoms with Crippen molar-refractivity contribution in [2.24, 2.45) is 0 Å². The highest BCUT2D eigenvalue weighted by molar-refractivity contribution is 5.82. The summed E-state index contributed by atoms with van der Waals surface area (Å²) in [5, 5.41) is 0. The second kappa shape index (κ2) is 6.63. The third kappa shape index (κ3) is 3.18. The lowest BCUT2D eigenvalue weighted by Gasteiger charge is -2.35. The van der Waals surface area contributed by atoms with Crippen LogP contribution in [0, 0.1) is 6.92 Å². The van der Waals surface area contributed by atoms with E-state index in [9.17, 15) is 9.59 Å². The fourth-order valence-electron chi connectivity index (χ4n) is 3.31. The Balaban J connectivity index is 1.52. The van der Waals surface area contributed by atoms with Crippen molar-refractivity contribution in [1.29, 1.82) is 0 Å². The molecule has 6 heteroatoms. The smallest absolute Gasteiger partial charge is 0.259 e. The van der Waals surface area contributed by atoms with E-state index in [1.54, 1.807) is 18.3 Å². The minimum atomic E-state index is -0.139. The van der Waals surface area contributed by atoms with E-state index in [4.69, 9.17) is 0 Å². The molecule has 1 aliphatic heterocycles. The lowest BCUT2D eigenvalue weighted by molar-refractivity contribution is -0.131. The van der Waals surface area contributed by atoms with E-state index in [2.05, 4.69) is 11.1 Å². The van der Waals surface area contributed by atoms with Crippen molar-refractivity contribution in [1.82, 2.24) is 14.3 Å². The Bertz CT molecular complexity index is 1030. The molecule has 3 heterocycles. The van der Waals surface area contributed by atoms with E-state index in [0.29, 0.717) is 31.1 Å². The summed E-state index contributed by atoms with van der Waals surface area (Å²) in [6.45, 7) is 4.17. The molecule has 1 saturated heterocycles. The Hall–Kier alpha value is -3.15. The molecule has 0 aliphatic carbocycles. The topological polar surface area (TPSA) is 57.9 Å². The molecular formula is C20H20N4O2. The van der Waals surface area contributed by atoms with E-state index >= 15 is 0 Å². The number of pyridine rings is 1. The van der Waals surface area contributed by atoms with Gasteiger partial charge in [-0.15, -0.1) is 0 Å². The Labute approximate surface area is 151 Å². The van der Waals surface area contributed by atoms with Gasteiger partial charge in [0.25, 0.3) is 5.56 Å². The molecule has 0 atom stereocenters. The molecule has 0 saturated carbocycles. The van der Waals surface area contributed by atoms with Gasteiger partial charge in [0.15, 0.2) is 0 Å². The van der Waals surface area contributed by atoms with Crippen LogP contribution >= 0.6 is 0 Å². The number of carbonyl (C=O) groups excluding carboxylic acids is 1. The van der Waals surface area contributed by atoms with Crippen LogP contribution in [0.2, 0.25) is 0 Å². The molecule has 0 bridgehead atoms. The van der Waals surface area contributed by atoms with Crippen molar-refractivity contribution in [3.05, 3.63) is 76.2 Å². The van der Waals surface area contributed by atoms with Crippen LogP contribution in [0.5, 0.6) is 0 Å². The van der Waals surface area contributed by atoms with Crippen molar-refractivity contribution >= 4 is 17.4 Å². The maximum atomic E-state index is 12.6. The van der Waals surface area contributed by atoms with Gasteiger partial charge in [-0.2, -0.15) is 0 Å². The zero-order chi connectivity index (χ0) is 18.1. The molecule has 6 nitrogen and oxygen atoms in total. The molecule has 1 amide bonds. The molecule has 26 heavy (non-hydrogen) atoms. The van der Waals surface area contributed by atoms with Crippen LogP contribution in [0.3, 0.4) is 0 Å². The molecule has 0 unspecified atom stereocenters. The fraction of sp³-hybridized carbons (Fsp3) is 0.250. The minimum Gasteiger partial charge on any atom is -0.345 e. The molecule has 1 aliphatic rings. The van der Waals surface area contributed by atoms with Crippen molar-refractivity contribution in [3.8, 4) is 0 Å². The Morgan fingerprint density at radius 1 is 1.04 bits per heavy atom. The van der Waals surface area contributed by atoms with Crippen LogP contribution in [0.4, 0.5) is 5.82 Å². The van der Waals surface area contributed by atoms with Gasteiger partial charge < -0.3 is 9.80 Å². The van der Waals surface area contributed by atoms with Crippen LogP contribution in [0.15, 0.2) is 59.5 Å². The lowest BCUT2D eigenvalue weighted by Crippen LogP contribution is -2.50. The van der Waals surface area contributed by atoms with Gasteiger partial charge >= 0.3 is 0 Å². The monoisotopic (exact) mass is 348 g/mol. The average Bonchev–Trinajstić information content (AvgIpc) is 2.63. The fourth-order valence-corrected chi connectivity index (χ4v) is 3.31. The number of aromatic nitrogens is 2. The maximum absolute atomic E-state index is 12.6. The number of fused-ring (bicyclic) bond motifs is 1. The van der Waals surface area contributed by atoms with Crippen LogP contribution < -0.4 is 10.5 Å². The number of carbonyl (C=O) groups is 1. The molecule has 0 radical (unpaired) electrons. The van der Waals surface area contributed by atoms with Gasteiger partial charge in [0.1, 0.15) is 11.5 Å². The van der Waals surface area contributed by atoms with Gasteiger partial charge in [0, 0.05) is 31.9 Å². The summed E-state index contributed by atoms with van der Waals surface area (Å²) in [4.78, 5) is 33.1. The molecule has 1 fully saturated rings. The number of anilines is 1. The first kappa shape index (κ1) is 16.3. The van der Waals surface area contributed by atoms with Crippen LogP contribution in [-0.4, -0.2) is 39.8 Å².